The molecule has 1 aromatic heterocycles. The minimum absolute atomic E-state index is 0.0964. The number of amides is 6. The normalized spacial score (nSPS) is 15.6. The number of rotatable bonds is 26. The number of hydrogen-bond acceptors (Lipinski definition) is 12. The van der Waals surface area contributed by atoms with E-state index in [2.05, 4.69) is 42.2 Å². The van der Waals surface area contributed by atoms with Crippen LogP contribution in [0.3, 0.4) is 0 Å². The van der Waals surface area contributed by atoms with Gasteiger partial charge in [0.25, 0.3) is 5.91 Å². The Morgan fingerprint density at radius 1 is 0.873 bits per heavy atom. The third-order valence-corrected chi connectivity index (χ3v) is 13.1. The zero-order valence-corrected chi connectivity index (χ0v) is 40.9. The molecular weight excluding hydrogens is 977 g/mol. The highest BCUT2D eigenvalue weighted by Crippen LogP contribution is 2.36. The Morgan fingerprint density at radius 3 is 2.17 bits per heavy atom. The fourth-order valence-electron chi connectivity index (χ4n) is 7.29. The van der Waals surface area contributed by atoms with Gasteiger partial charge in [0.1, 0.15) is 24.2 Å². The van der Waals surface area contributed by atoms with Gasteiger partial charge >= 0.3 is 12.1 Å². The molecule has 1 saturated heterocycles. The molecule has 6 amide bonds. The molecule has 0 saturated carbocycles. The first-order valence-electron chi connectivity index (χ1n) is 22.6. The third kappa shape index (κ3) is 18.8. The molecule has 0 aliphatic carbocycles. The van der Waals surface area contributed by atoms with Crippen molar-refractivity contribution in [2.45, 2.75) is 101 Å². The Kier molecular flexibility index (Phi) is 21.3. The zero-order valence-electron chi connectivity index (χ0n) is 39.3. The number of carbonyl (C=O) groups is 7. The number of hydrogen-bond donors (Lipinski definition) is 10. The Balaban J connectivity index is 1.33. The largest absolute Gasteiger partial charge is 0.480 e. The number of primary amides is 1. The van der Waals surface area contributed by atoms with Gasteiger partial charge in [0.05, 0.1) is 22.0 Å². The number of unbranched alkanes of at least 4 members (excludes halogenated alkanes) is 1. The number of carboxylic acid groups (broad SMARTS) is 1. The molecule has 2 aromatic carbocycles. The van der Waals surface area contributed by atoms with Crippen molar-refractivity contribution in [2.75, 3.05) is 38.0 Å². The number of nitrogens with two attached hydrogens (primary N) is 1. The molecule has 3 aromatic rings. The maximum atomic E-state index is 13.9. The third-order valence-electron chi connectivity index (χ3n) is 11.3. The van der Waals surface area contributed by atoms with Crippen LogP contribution in [0, 0.1) is 11.3 Å². The number of benzene rings is 2. The van der Waals surface area contributed by atoms with Crippen molar-refractivity contribution < 1.29 is 60.3 Å². The number of carbonyl (C=O) groups excluding carboxylic acids is 6. The van der Waals surface area contributed by atoms with Gasteiger partial charge in [-0.05, 0) is 130 Å². The highest BCUT2D eigenvalue weighted by atomic mass is 35.5. The maximum Gasteiger partial charge on any atom is 0.417 e. The predicted octanol–water partition coefficient (Wildman–Crippen LogP) is 2.23. The molecule has 388 valence electrons. The zero-order chi connectivity index (χ0) is 52.5. The number of sulfonamides is 1. The number of halogens is 4. The summed E-state index contributed by atoms with van der Waals surface area (Å²) < 4.78 is 67.5. The summed E-state index contributed by atoms with van der Waals surface area (Å²) in [6, 6.07) is 5.29. The molecule has 1 fully saturated rings. The van der Waals surface area contributed by atoms with Crippen LogP contribution in [0.25, 0.3) is 0 Å². The van der Waals surface area contributed by atoms with Crippen molar-refractivity contribution in [1.29, 1.82) is 0 Å². The second-order valence-electron chi connectivity index (χ2n) is 18.0. The van der Waals surface area contributed by atoms with Crippen LogP contribution in [0.1, 0.15) is 80.8 Å². The summed E-state index contributed by atoms with van der Waals surface area (Å²) in [4.78, 5) is 93.8. The van der Waals surface area contributed by atoms with Crippen LogP contribution in [0.5, 0.6) is 0 Å². The van der Waals surface area contributed by atoms with Gasteiger partial charge in [-0.25, -0.2) is 8.42 Å². The van der Waals surface area contributed by atoms with E-state index in [1.807, 2.05) is 0 Å². The first kappa shape index (κ1) is 57.4. The summed E-state index contributed by atoms with van der Waals surface area (Å²) in [7, 11) is -4.86. The van der Waals surface area contributed by atoms with E-state index in [0.29, 0.717) is 30.4 Å². The van der Waals surface area contributed by atoms with E-state index in [1.54, 1.807) is 37.6 Å². The second-order valence-corrected chi connectivity index (χ2v) is 20.1. The molecule has 5 atom stereocenters. The standard InChI is InChI=1S/C46H60ClF3N10O10S/c1-45(2,3)39(43(66)56-30-9-7-29(8-10-30)41(64)58-34(40(51)63)6-4-5-18-53-24-28-17-21-54-25-28)59-42(65)36(22-27-15-19-52-20-16-27)57-38(62)26-55-37(61)14-13-35(44(67)68)60-71(69,70)31-11-12-33(47)32(23-31)46(48,49)50/h7-12,15-16,19-20,23,28,34-36,39,53-54,60H,4-6,13-14,17-18,21-22,24-26H2,1-3H3,(H2,51,63)(H,55,61)(H,56,66)(H,57,62)(H,58,64)(H,59,65)(H,67,68)/t28?,34-,35+,36+,39-/m1/s1. The first-order chi connectivity index (χ1) is 33.3. The monoisotopic (exact) mass is 1040 g/mol. The SMILES string of the molecule is CC(C)(C)[C@H](NC(=O)[C@H](Cc1ccncc1)NC(=O)CNC(=O)CC[C@H](NS(=O)(=O)c1ccc(Cl)c(C(F)(F)F)c1)C(=O)O)C(=O)Nc1ccc(C(=O)N[C@H](CCCCNCC2CCNC2)C(N)=O)cc1. The average Bonchev–Trinajstić information content (AvgIpc) is 3.82. The molecule has 20 nitrogen and oxygen atoms in total. The Labute approximate surface area is 414 Å². The van der Waals surface area contributed by atoms with E-state index in [-0.39, 0.29) is 23.7 Å². The molecule has 1 unspecified atom stereocenters. The molecule has 4 rings (SSSR count). The minimum atomic E-state index is -5.02. The van der Waals surface area contributed by atoms with Gasteiger partial charge in [-0.1, -0.05) is 32.4 Å². The Morgan fingerprint density at radius 2 is 1.56 bits per heavy atom. The van der Waals surface area contributed by atoms with Gasteiger partial charge in [-0.2, -0.15) is 17.9 Å². The number of nitrogens with zero attached hydrogens (tertiary/aromatic N) is 1. The van der Waals surface area contributed by atoms with E-state index >= 15 is 0 Å². The molecule has 0 bridgehead atoms. The number of aromatic nitrogens is 1. The number of aliphatic carboxylic acids is 1. The van der Waals surface area contributed by atoms with Crippen molar-refractivity contribution in [3.05, 3.63) is 88.7 Å². The van der Waals surface area contributed by atoms with Crippen molar-refractivity contribution >= 4 is 68.7 Å². The Bertz CT molecular complexity index is 2460. The molecule has 71 heavy (non-hydrogen) atoms. The lowest BCUT2D eigenvalue weighted by Gasteiger charge is -2.32. The topological polar surface area (TPSA) is 309 Å². The summed E-state index contributed by atoms with van der Waals surface area (Å²) in [5.41, 5.74) is 4.24. The van der Waals surface area contributed by atoms with Crippen LogP contribution in [0.4, 0.5) is 18.9 Å². The lowest BCUT2D eigenvalue weighted by atomic mass is 9.85. The summed E-state index contributed by atoms with van der Waals surface area (Å²) >= 11 is 5.57. The quantitative estimate of drug-likeness (QED) is 0.0517. The average molecular weight is 1040 g/mol. The minimum Gasteiger partial charge on any atom is -0.480 e. The summed E-state index contributed by atoms with van der Waals surface area (Å²) in [5.74, 6) is -5.58. The molecule has 0 spiro atoms. The lowest BCUT2D eigenvalue weighted by molar-refractivity contribution is -0.139. The summed E-state index contributed by atoms with van der Waals surface area (Å²) in [6.45, 7) is 8.05. The number of anilines is 1. The van der Waals surface area contributed by atoms with E-state index in [1.165, 1.54) is 36.7 Å². The van der Waals surface area contributed by atoms with Crippen LogP contribution in [-0.4, -0.2) is 117 Å². The van der Waals surface area contributed by atoms with Crippen molar-refractivity contribution in [2.24, 2.45) is 17.1 Å². The highest BCUT2D eigenvalue weighted by Gasteiger charge is 2.37. The molecular formula is C46H60ClF3N10O10S. The number of pyridine rings is 1. The first-order valence-corrected chi connectivity index (χ1v) is 24.5. The van der Waals surface area contributed by atoms with Crippen LogP contribution >= 0.6 is 11.6 Å². The summed E-state index contributed by atoms with van der Waals surface area (Å²) in [5, 5.41) is 28.5. The number of carboxylic acids is 1. The highest BCUT2D eigenvalue weighted by molar-refractivity contribution is 7.89. The maximum absolute atomic E-state index is 13.9. The molecule has 1 aliphatic rings. The van der Waals surface area contributed by atoms with Gasteiger partial charge in [0.15, 0.2) is 0 Å². The molecule has 25 heteroatoms. The van der Waals surface area contributed by atoms with Crippen molar-refractivity contribution in [3.8, 4) is 0 Å². The van der Waals surface area contributed by atoms with Gasteiger partial charge in [0.2, 0.25) is 39.6 Å². The smallest absolute Gasteiger partial charge is 0.417 e. The van der Waals surface area contributed by atoms with E-state index in [0.717, 1.165) is 45.1 Å². The second kappa shape index (κ2) is 26.3. The Hall–Kier alpha value is -6.21. The number of alkyl halides is 3. The molecule has 0 radical (unpaired) electrons. The van der Waals surface area contributed by atoms with Crippen LogP contribution < -0.4 is 47.7 Å². The summed E-state index contributed by atoms with van der Waals surface area (Å²) in [6.07, 6.45) is -0.595. The van der Waals surface area contributed by atoms with Crippen LogP contribution in [0.15, 0.2) is 71.9 Å². The van der Waals surface area contributed by atoms with Crippen molar-refractivity contribution in [3.63, 3.8) is 0 Å². The van der Waals surface area contributed by atoms with Crippen LogP contribution in [-0.2, 0) is 51.4 Å². The van der Waals surface area contributed by atoms with E-state index in [9.17, 15) is 60.3 Å². The van der Waals surface area contributed by atoms with Crippen LogP contribution in [0.2, 0.25) is 5.02 Å². The fourth-order valence-corrected chi connectivity index (χ4v) is 8.76. The van der Waals surface area contributed by atoms with Gasteiger partial charge < -0.3 is 48.1 Å². The van der Waals surface area contributed by atoms with Gasteiger partial charge in [-0.15, -0.1) is 0 Å². The van der Waals surface area contributed by atoms with E-state index < -0.39 is 122 Å². The van der Waals surface area contributed by atoms with Gasteiger partial charge in [0, 0.05) is 36.5 Å². The van der Waals surface area contributed by atoms with E-state index in [4.69, 9.17) is 17.3 Å². The molecule has 11 N–H and O–H groups in total. The van der Waals surface area contributed by atoms with Crippen molar-refractivity contribution in [1.82, 2.24) is 41.6 Å². The van der Waals surface area contributed by atoms with Gasteiger partial charge in [-0.3, -0.25) is 38.5 Å². The lowest BCUT2D eigenvalue weighted by Crippen LogP contribution is -2.57. The predicted molar refractivity (Wildman–Crippen MR) is 255 cm³/mol. The number of nitrogens with one attached hydrogen (secondary N) is 8. The molecule has 1 aliphatic heterocycles. The molecule has 2 heterocycles. The fraction of sp³-hybridized carbons (Fsp3) is 0.478.